The van der Waals surface area contributed by atoms with Gasteiger partial charge in [-0.25, -0.2) is 4.79 Å². The van der Waals surface area contributed by atoms with E-state index in [0.29, 0.717) is 0 Å². The number of hydrogen-bond donors (Lipinski definition) is 2. The first-order chi connectivity index (χ1) is 11.1. The van der Waals surface area contributed by atoms with Gasteiger partial charge in [0.15, 0.2) is 5.76 Å². The largest absolute Gasteiger partial charge is 0.512 e. The maximum atomic E-state index is 12.7. The van der Waals surface area contributed by atoms with Crippen molar-refractivity contribution in [2.75, 3.05) is 5.32 Å². The maximum absolute atomic E-state index is 12.7. The van der Waals surface area contributed by atoms with Crippen LogP contribution in [0.1, 0.15) is 27.2 Å². The monoisotopic (exact) mass is 344 g/mol. The molecule has 0 saturated heterocycles. The van der Waals surface area contributed by atoms with Gasteiger partial charge in [-0.1, -0.05) is 0 Å². The van der Waals surface area contributed by atoms with Crippen molar-refractivity contribution >= 4 is 17.7 Å². The number of aromatic nitrogens is 1. The highest BCUT2D eigenvalue weighted by molar-refractivity contribution is 6.06. The van der Waals surface area contributed by atoms with Crippen molar-refractivity contribution in [1.29, 1.82) is 0 Å². The van der Waals surface area contributed by atoms with Gasteiger partial charge >= 0.3 is 12.3 Å². The number of halogens is 3. The molecular formula is C14H11F3N2O5. The number of benzene rings is 1. The van der Waals surface area contributed by atoms with Gasteiger partial charge in [-0.05, 0) is 42.8 Å². The van der Waals surface area contributed by atoms with E-state index >= 15 is 0 Å². The molecule has 7 nitrogen and oxygen atoms in total. The lowest BCUT2D eigenvalue weighted by Gasteiger charge is -2.12. The third-order valence-electron chi connectivity index (χ3n) is 3.03. The van der Waals surface area contributed by atoms with E-state index in [1.165, 1.54) is 13.8 Å². The van der Waals surface area contributed by atoms with Crippen LogP contribution < -0.4 is 10.1 Å². The van der Waals surface area contributed by atoms with Crippen molar-refractivity contribution in [2.24, 2.45) is 0 Å². The summed E-state index contributed by atoms with van der Waals surface area (Å²) in [5.74, 6) is -1.39. The van der Waals surface area contributed by atoms with Gasteiger partial charge in [0.2, 0.25) is 0 Å². The molecule has 0 bridgehead atoms. The molecule has 1 heterocycles. The van der Waals surface area contributed by atoms with Crippen LogP contribution in [0.25, 0.3) is 0 Å². The maximum Gasteiger partial charge on any atom is 0.512 e. The predicted octanol–water partition coefficient (Wildman–Crippen LogP) is 3.62. The van der Waals surface area contributed by atoms with Crippen molar-refractivity contribution in [2.45, 2.75) is 20.0 Å². The normalized spacial score (nSPS) is 11.2. The Kier molecular flexibility index (Phi) is 4.49. The standard InChI is InChI=1S/C14H11F3N2O5/c1-6-5-8(3-4-9(6)14(15,16)17)18-11(20)10-7(2)24-19-12(10)23-13(21)22/h3-5H,1-2H3,(H,18,20)(H,21,22). The summed E-state index contributed by atoms with van der Waals surface area (Å²) < 4.78 is 47.1. The third kappa shape index (κ3) is 3.65. The molecule has 10 heteroatoms. The van der Waals surface area contributed by atoms with Crippen LogP contribution in [0.15, 0.2) is 22.7 Å². The van der Waals surface area contributed by atoms with Crippen molar-refractivity contribution in [3.8, 4) is 5.88 Å². The molecule has 0 aliphatic carbocycles. The molecule has 1 aromatic heterocycles. The lowest BCUT2D eigenvalue weighted by molar-refractivity contribution is -0.138. The smallest absolute Gasteiger partial charge is 0.449 e. The lowest BCUT2D eigenvalue weighted by Crippen LogP contribution is -2.16. The number of nitrogens with one attached hydrogen (secondary N) is 1. The van der Waals surface area contributed by atoms with Crippen LogP contribution >= 0.6 is 0 Å². The van der Waals surface area contributed by atoms with Gasteiger partial charge in [0.05, 0.1) is 5.56 Å². The van der Waals surface area contributed by atoms with Crippen LogP contribution in [0.2, 0.25) is 0 Å². The van der Waals surface area contributed by atoms with E-state index in [4.69, 9.17) is 9.63 Å². The Bertz CT molecular complexity index is 798. The molecule has 128 valence electrons. The zero-order valence-corrected chi connectivity index (χ0v) is 12.4. The molecule has 0 aliphatic heterocycles. The topological polar surface area (TPSA) is 102 Å². The Hall–Kier alpha value is -3.04. The molecule has 0 radical (unpaired) electrons. The number of alkyl halides is 3. The first kappa shape index (κ1) is 17.3. The number of hydrogen-bond acceptors (Lipinski definition) is 5. The van der Waals surface area contributed by atoms with Gasteiger partial charge in [0.25, 0.3) is 11.8 Å². The molecule has 0 fully saturated rings. The number of carbonyl (C=O) groups excluding carboxylic acids is 1. The van der Waals surface area contributed by atoms with E-state index in [9.17, 15) is 22.8 Å². The predicted molar refractivity (Wildman–Crippen MR) is 74.0 cm³/mol. The molecule has 1 aromatic carbocycles. The number of amides is 1. The Balaban J connectivity index is 2.26. The highest BCUT2D eigenvalue weighted by Gasteiger charge is 2.32. The molecule has 2 N–H and O–H groups in total. The lowest BCUT2D eigenvalue weighted by atomic mass is 10.1. The van der Waals surface area contributed by atoms with E-state index < -0.39 is 29.7 Å². The molecule has 0 saturated carbocycles. The summed E-state index contributed by atoms with van der Waals surface area (Å²) in [4.78, 5) is 22.7. The number of carboxylic acid groups (broad SMARTS) is 1. The third-order valence-corrected chi connectivity index (χ3v) is 3.03. The first-order valence-electron chi connectivity index (χ1n) is 6.46. The minimum Gasteiger partial charge on any atom is -0.449 e. The van der Waals surface area contributed by atoms with Crippen LogP contribution in [0.4, 0.5) is 23.7 Å². The summed E-state index contributed by atoms with van der Waals surface area (Å²) in [5.41, 5.74) is -1.08. The number of carbonyl (C=O) groups is 2. The number of nitrogens with zero attached hydrogens (tertiary/aromatic N) is 1. The molecule has 24 heavy (non-hydrogen) atoms. The first-order valence-corrected chi connectivity index (χ1v) is 6.46. The number of aryl methyl sites for hydroxylation is 2. The van der Waals surface area contributed by atoms with Gasteiger partial charge in [-0.3, -0.25) is 4.79 Å². The molecule has 0 unspecified atom stereocenters. The fourth-order valence-corrected chi connectivity index (χ4v) is 2.01. The van der Waals surface area contributed by atoms with E-state index in [-0.39, 0.29) is 22.6 Å². The Morgan fingerprint density at radius 2 is 1.96 bits per heavy atom. The van der Waals surface area contributed by atoms with E-state index in [0.717, 1.165) is 18.2 Å². The second kappa shape index (κ2) is 6.22. The number of anilines is 1. The van der Waals surface area contributed by atoms with Crippen LogP contribution in [0.3, 0.4) is 0 Å². The van der Waals surface area contributed by atoms with Gasteiger partial charge in [-0.15, -0.1) is 0 Å². The van der Waals surface area contributed by atoms with E-state index in [1.54, 1.807) is 0 Å². The van der Waals surface area contributed by atoms with Crippen LogP contribution in [0, 0.1) is 13.8 Å². The molecule has 1 amide bonds. The molecule has 0 spiro atoms. The highest BCUT2D eigenvalue weighted by atomic mass is 19.4. The summed E-state index contributed by atoms with van der Waals surface area (Å²) in [5, 5.41) is 14.2. The number of ether oxygens (including phenoxy) is 1. The van der Waals surface area contributed by atoms with Gasteiger partial charge in [-0.2, -0.15) is 13.2 Å². The van der Waals surface area contributed by atoms with E-state index in [1.807, 2.05) is 0 Å². The minimum atomic E-state index is -4.50. The van der Waals surface area contributed by atoms with Crippen molar-refractivity contribution in [3.05, 3.63) is 40.6 Å². The van der Waals surface area contributed by atoms with E-state index in [2.05, 4.69) is 15.2 Å². The molecular weight excluding hydrogens is 333 g/mol. The summed E-state index contributed by atoms with van der Waals surface area (Å²) >= 11 is 0. The Labute approximate surface area is 133 Å². The summed E-state index contributed by atoms with van der Waals surface area (Å²) in [7, 11) is 0. The zero-order valence-electron chi connectivity index (χ0n) is 12.4. The van der Waals surface area contributed by atoms with Crippen LogP contribution in [-0.4, -0.2) is 22.3 Å². The van der Waals surface area contributed by atoms with Gasteiger partial charge < -0.3 is 19.7 Å². The van der Waals surface area contributed by atoms with Gasteiger partial charge in [0.1, 0.15) is 5.56 Å². The Morgan fingerprint density at radius 1 is 1.29 bits per heavy atom. The molecule has 0 aliphatic rings. The summed E-state index contributed by atoms with van der Waals surface area (Å²) in [6.45, 7) is 2.61. The fraction of sp³-hybridized carbons (Fsp3) is 0.214. The SMILES string of the molecule is Cc1cc(NC(=O)c2c(OC(=O)O)noc2C)ccc1C(F)(F)F. The van der Waals surface area contributed by atoms with Crippen molar-refractivity contribution < 1.29 is 37.1 Å². The molecule has 2 aromatic rings. The quantitative estimate of drug-likeness (QED) is 0.825. The zero-order chi connectivity index (χ0) is 18.1. The summed E-state index contributed by atoms with van der Waals surface area (Å²) in [6, 6.07) is 3.05. The van der Waals surface area contributed by atoms with Crippen molar-refractivity contribution in [1.82, 2.24) is 5.16 Å². The minimum absolute atomic E-state index is 0.00705. The average molecular weight is 344 g/mol. The molecule has 2 rings (SSSR count). The fourth-order valence-electron chi connectivity index (χ4n) is 2.01. The van der Waals surface area contributed by atoms with Gasteiger partial charge in [0, 0.05) is 5.69 Å². The second-order valence-corrected chi connectivity index (χ2v) is 4.77. The van der Waals surface area contributed by atoms with Crippen LogP contribution in [0.5, 0.6) is 5.88 Å². The van der Waals surface area contributed by atoms with Crippen molar-refractivity contribution in [3.63, 3.8) is 0 Å². The summed E-state index contributed by atoms with van der Waals surface area (Å²) in [6.07, 6.45) is -6.19. The Morgan fingerprint density at radius 3 is 2.50 bits per heavy atom. The number of rotatable bonds is 3. The average Bonchev–Trinajstić information content (AvgIpc) is 2.77. The second-order valence-electron chi connectivity index (χ2n) is 4.77. The highest BCUT2D eigenvalue weighted by Crippen LogP contribution is 2.33. The molecule has 0 atom stereocenters. The van der Waals surface area contributed by atoms with Crippen LogP contribution in [-0.2, 0) is 6.18 Å².